The molecule has 0 aliphatic carbocycles. The van der Waals surface area contributed by atoms with Crippen LogP contribution in [-0.2, 0) is 22.3 Å². The van der Waals surface area contributed by atoms with Crippen molar-refractivity contribution in [2.75, 3.05) is 11.4 Å². The van der Waals surface area contributed by atoms with Crippen LogP contribution in [0.15, 0.2) is 42.5 Å². The molecule has 2 amide bonds. The second-order valence-corrected chi connectivity index (χ2v) is 7.52. The van der Waals surface area contributed by atoms with Gasteiger partial charge in [0, 0.05) is 18.5 Å². The van der Waals surface area contributed by atoms with E-state index < -0.39 is 29.7 Å². The summed E-state index contributed by atoms with van der Waals surface area (Å²) < 4.78 is 44.2. The molecule has 1 atom stereocenters. The van der Waals surface area contributed by atoms with Crippen LogP contribution in [0.1, 0.15) is 48.2 Å². The molecule has 6 nitrogen and oxygen atoms in total. The number of Topliss-reactive ketones (excluding diaryl/α,β-unsaturated/α-hetero) is 1. The molecule has 1 unspecified atom stereocenters. The van der Waals surface area contributed by atoms with E-state index in [0.717, 1.165) is 12.1 Å². The van der Waals surface area contributed by atoms with Gasteiger partial charge in [-0.15, -0.1) is 0 Å². The number of hydrogen-bond acceptors (Lipinski definition) is 4. The number of amides is 2. The molecule has 0 saturated carbocycles. The van der Waals surface area contributed by atoms with Crippen LogP contribution >= 0.6 is 0 Å². The number of alkyl halides is 3. The smallest absolute Gasteiger partial charge is 0.416 e. The molecule has 0 fully saturated rings. The number of nitrogens with zero attached hydrogens (tertiary/aromatic N) is 1. The topological polar surface area (TPSA) is 75.7 Å². The summed E-state index contributed by atoms with van der Waals surface area (Å²) in [5.41, 5.74) is 0.192. The average molecular weight is 448 g/mol. The van der Waals surface area contributed by atoms with Crippen molar-refractivity contribution in [2.45, 2.75) is 45.5 Å². The fourth-order valence-electron chi connectivity index (χ4n) is 3.37. The Bertz CT molecular complexity index is 1040. The first-order chi connectivity index (χ1) is 15.1. The van der Waals surface area contributed by atoms with E-state index in [0.29, 0.717) is 29.8 Å². The van der Waals surface area contributed by atoms with Gasteiger partial charge >= 0.3 is 6.18 Å². The molecule has 170 valence electrons. The van der Waals surface area contributed by atoms with E-state index in [4.69, 9.17) is 4.74 Å². The lowest BCUT2D eigenvalue weighted by Crippen LogP contribution is -2.48. The van der Waals surface area contributed by atoms with E-state index in [1.54, 1.807) is 19.1 Å². The van der Waals surface area contributed by atoms with Crippen LogP contribution in [0.3, 0.4) is 0 Å². The molecule has 32 heavy (non-hydrogen) atoms. The van der Waals surface area contributed by atoms with Gasteiger partial charge in [-0.3, -0.25) is 19.3 Å². The van der Waals surface area contributed by atoms with E-state index in [1.807, 2.05) is 6.92 Å². The molecule has 0 bridgehead atoms. The minimum Gasteiger partial charge on any atom is -0.479 e. The lowest BCUT2D eigenvalue weighted by Gasteiger charge is -2.32. The van der Waals surface area contributed by atoms with Crippen molar-refractivity contribution in [1.82, 2.24) is 5.32 Å². The van der Waals surface area contributed by atoms with Crippen molar-refractivity contribution in [3.05, 3.63) is 59.2 Å². The number of anilines is 1. The summed E-state index contributed by atoms with van der Waals surface area (Å²) in [4.78, 5) is 38.7. The summed E-state index contributed by atoms with van der Waals surface area (Å²) in [6, 6.07) is 9.38. The SMILES string of the molecule is CCCC(=O)c1ccc2c(c1)N(CC(=O)NCc1cccc(C(F)(F)F)c1)C(=O)C(C)O2. The standard InChI is InChI=1S/C23H23F3N2O4/c1-3-5-19(29)16-8-9-20-18(11-16)28(22(31)14(2)32-20)13-21(30)27-12-15-6-4-7-17(10-15)23(24,25)26/h4,6-11,14H,3,5,12-13H2,1-2H3,(H,27,30). The van der Waals surface area contributed by atoms with E-state index in [-0.39, 0.29) is 24.4 Å². The number of halogens is 3. The summed E-state index contributed by atoms with van der Waals surface area (Å²) >= 11 is 0. The Kier molecular flexibility index (Phi) is 6.86. The van der Waals surface area contributed by atoms with Crippen molar-refractivity contribution in [3.8, 4) is 5.75 Å². The lowest BCUT2D eigenvalue weighted by atomic mass is 10.0. The molecule has 0 radical (unpaired) electrons. The number of carbonyl (C=O) groups is 3. The van der Waals surface area contributed by atoms with Gasteiger partial charge in [0.1, 0.15) is 12.3 Å². The molecule has 0 saturated heterocycles. The van der Waals surface area contributed by atoms with Crippen LogP contribution in [0.2, 0.25) is 0 Å². The maximum atomic E-state index is 12.9. The molecular weight excluding hydrogens is 425 g/mol. The molecule has 2 aromatic carbocycles. The summed E-state index contributed by atoms with van der Waals surface area (Å²) in [7, 11) is 0. The Morgan fingerprint density at radius 3 is 2.59 bits per heavy atom. The van der Waals surface area contributed by atoms with Crippen LogP contribution in [0.25, 0.3) is 0 Å². The largest absolute Gasteiger partial charge is 0.479 e. The van der Waals surface area contributed by atoms with Gasteiger partial charge in [0.25, 0.3) is 5.91 Å². The van der Waals surface area contributed by atoms with Crippen molar-refractivity contribution in [2.24, 2.45) is 0 Å². The molecular formula is C23H23F3N2O4. The number of hydrogen-bond donors (Lipinski definition) is 1. The van der Waals surface area contributed by atoms with Crippen molar-refractivity contribution >= 4 is 23.3 Å². The molecule has 3 rings (SSSR count). The third-order valence-electron chi connectivity index (χ3n) is 5.01. The number of fused-ring (bicyclic) bond motifs is 1. The molecule has 1 aliphatic heterocycles. The summed E-state index contributed by atoms with van der Waals surface area (Å²) in [5.74, 6) is -0.723. The minimum absolute atomic E-state index is 0.0877. The van der Waals surface area contributed by atoms with Crippen molar-refractivity contribution in [1.29, 1.82) is 0 Å². The van der Waals surface area contributed by atoms with Crippen LogP contribution in [-0.4, -0.2) is 30.2 Å². The zero-order valence-electron chi connectivity index (χ0n) is 17.7. The van der Waals surface area contributed by atoms with Crippen LogP contribution in [0, 0.1) is 0 Å². The predicted molar refractivity (Wildman–Crippen MR) is 111 cm³/mol. The van der Waals surface area contributed by atoms with Gasteiger partial charge in [-0.05, 0) is 49.2 Å². The predicted octanol–water partition coefficient (Wildman–Crippen LogP) is 4.12. The molecule has 1 aliphatic rings. The molecule has 1 N–H and O–H groups in total. The highest BCUT2D eigenvalue weighted by atomic mass is 19.4. The Morgan fingerprint density at radius 2 is 1.91 bits per heavy atom. The van der Waals surface area contributed by atoms with Crippen molar-refractivity contribution < 1.29 is 32.3 Å². The van der Waals surface area contributed by atoms with Crippen LogP contribution in [0.4, 0.5) is 18.9 Å². The quantitative estimate of drug-likeness (QED) is 0.647. The van der Waals surface area contributed by atoms with Gasteiger partial charge in [0.2, 0.25) is 5.91 Å². The first kappa shape index (κ1) is 23.3. The second-order valence-electron chi connectivity index (χ2n) is 7.52. The minimum atomic E-state index is -4.48. The molecule has 0 spiro atoms. The monoisotopic (exact) mass is 448 g/mol. The van der Waals surface area contributed by atoms with Gasteiger partial charge in [0.05, 0.1) is 11.3 Å². The third kappa shape index (κ3) is 5.27. The number of nitrogens with one attached hydrogen (secondary N) is 1. The summed E-state index contributed by atoms with van der Waals surface area (Å²) in [6.45, 7) is 2.95. The number of benzene rings is 2. The maximum Gasteiger partial charge on any atom is 0.416 e. The zero-order chi connectivity index (χ0) is 23.5. The van der Waals surface area contributed by atoms with Crippen molar-refractivity contribution in [3.63, 3.8) is 0 Å². The normalized spacial score (nSPS) is 15.7. The highest BCUT2D eigenvalue weighted by Gasteiger charge is 2.33. The first-order valence-electron chi connectivity index (χ1n) is 10.2. The number of rotatable bonds is 7. The van der Waals surface area contributed by atoms with Crippen LogP contribution in [0.5, 0.6) is 5.75 Å². The van der Waals surface area contributed by atoms with E-state index in [2.05, 4.69) is 5.32 Å². The fourth-order valence-corrected chi connectivity index (χ4v) is 3.37. The Morgan fingerprint density at radius 1 is 1.16 bits per heavy atom. The zero-order valence-corrected chi connectivity index (χ0v) is 17.7. The van der Waals surface area contributed by atoms with E-state index >= 15 is 0 Å². The Hall–Kier alpha value is -3.36. The molecule has 0 aromatic heterocycles. The number of carbonyl (C=O) groups excluding carboxylic acids is 3. The maximum absolute atomic E-state index is 12.9. The van der Waals surface area contributed by atoms with Gasteiger partial charge in [-0.1, -0.05) is 19.1 Å². The number of ether oxygens (including phenoxy) is 1. The van der Waals surface area contributed by atoms with E-state index in [9.17, 15) is 27.6 Å². The highest BCUT2D eigenvalue weighted by molar-refractivity contribution is 6.05. The van der Waals surface area contributed by atoms with Gasteiger partial charge in [-0.2, -0.15) is 13.2 Å². The molecule has 1 heterocycles. The third-order valence-corrected chi connectivity index (χ3v) is 5.01. The van der Waals surface area contributed by atoms with Gasteiger partial charge in [-0.25, -0.2) is 0 Å². The Labute approximate surface area is 183 Å². The van der Waals surface area contributed by atoms with Crippen LogP contribution < -0.4 is 15.0 Å². The van der Waals surface area contributed by atoms with E-state index in [1.165, 1.54) is 23.1 Å². The lowest BCUT2D eigenvalue weighted by molar-refractivity contribution is -0.137. The average Bonchev–Trinajstić information content (AvgIpc) is 2.75. The van der Waals surface area contributed by atoms with Gasteiger partial charge in [0.15, 0.2) is 11.9 Å². The highest BCUT2D eigenvalue weighted by Crippen LogP contribution is 2.35. The summed E-state index contributed by atoms with van der Waals surface area (Å²) in [5, 5.41) is 2.54. The molecule has 2 aromatic rings. The molecule has 9 heteroatoms. The second kappa shape index (κ2) is 9.42. The fraction of sp³-hybridized carbons (Fsp3) is 0.348. The number of ketones is 1. The Balaban J connectivity index is 1.75. The first-order valence-corrected chi connectivity index (χ1v) is 10.2. The summed E-state index contributed by atoms with van der Waals surface area (Å²) in [6.07, 6.45) is -4.28. The van der Waals surface area contributed by atoms with Gasteiger partial charge < -0.3 is 10.1 Å².